The minimum absolute atomic E-state index is 0.0257. The third-order valence-electron chi connectivity index (χ3n) is 3.57. The lowest BCUT2D eigenvalue weighted by atomic mass is 10.2. The predicted molar refractivity (Wildman–Crippen MR) is 81.5 cm³/mol. The number of anilines is 2. The quantitative estimate of drug-likeness (QED) is 0.945. The van der Waals surface area contributed by atoms with E-state index in [1.54, 1.807) is 6.07 Å². The molecule has 1 saturated heterocycles. The highest BCUT2D eigenvalue weighted by Crippen LogP contribution is 2.24. The third kappa shape index (κ3) is 2.97. The fraction of sp³-hybridized carbons (Fsp3) is 0.267. The van der Waals surface area contributed by atoms with Crippen molar-refractivity contribution >= 4 is 29.1 Å². The average molecular weight is 307 g/mol. The molecule has 0 aliphatic carbocycles. The number of rotatable bonds is 3. The monoisotopic (exact) mass is 306 g/mol. The summed E-state index contributed by atoms with van der Waals surface area (Å²) in [7, 11) is 0. The second-order valence-electron chi connectivity index (χ2n) is 4.90. The Bertz CT molecular complexity index is 648. The molecule has 0 bridgehead atoms. The smallest absolute Gasteiger partial charge is 0.371 e. The highest BCUT2D eigenvalue weighted by Gasteiger charge is 2.20. The van der Waals surface area contributed by atoms with Crippen molar-refractivity contribution in [2.75, 3.05) is 36.0 Å². The van der Waals surface area contributed by atoms with Crippen LogP contribution in [0.15, 0.2) is 40.8 Å². The van der Waals surface area contributed by atoms with Crippen LogP contribution in [-0.4, -0.2) is 37.3 Å². The van der Waals surface area contributed by atoms with E-state index >= 15 is 0 Å². The van der Waals surface area contributed by atoms with Gasteiger partial charge in [-0.2, -0.15) is 0 Å². The second kappa shape index (κ2) is 5.69. The molecule has 0 unspecified atom stereocenters. The number of nitrogens with zero attached hydrogens (tertiary/aromatic N) is 2. The Balaban J connectivity index is 1.66. The van der Waals surface area contributed by atoms with E-state index in [1.165, 1.54) is 6.07 Å². The zero-order valence-electron chi connectivity index (χ0n) is 11.3. The molecule has 1 fully saturated rings. The van der Waals surface area contributed by atoms with E-state index in [4.69, 9.17) is 21.1 Å². The first kappa shape index (κ1) is 13.8. The van der Waals surface area contributed by atoms with Crippen LogP contribution in [0.3, 0.4) is 0 Å². The minimum Gasteiger partial charge on any atom is -0.475 e. The van der Waals surface area contributed by atoms with Gasteiger partial charge in [-0.25, -0.2) is 4.79 Å². The van der Waals surface area contributed by atoms with Gasteiger partial charge in [-0.3, -0.25) is 0 Å². The molecule has 0 spiro atoms. The summed E-state index contributed by atoms with van der Waals surface area (Å²) in [5, 5.41) is 9.61. The lowest BCUT2D eigenvalue weighted by Crippen LogP contribution is -2.46. The maximum Gasteiger partial charge on any atom is 0.371 e. The molecular weight excluding hydrogens is 292 g/mol. The zero-order valence-corrected chi connectivity index (χ0v) is 12.1. The van der Waals surface area contributed by atoms with Gasteiger partial charge in [0.15, 0.2) is 5.88 Å². The molecule has 2 aromatic rings. The Morgan fingerprint density at radius 1 is 1.10 bits per heavy atom. The summed E-state index contributed by atoms with van der Waals surface area (Å²) in [5.41, 5.74) is 1.10. The number of aromatic carboxylic acids is 1. The summed E-state index contributed by atoms with van der Waals surface area (Å²) in [6, 6.07) is 11.0. The van der Waals surface area contributed by atoms with E-state index in [-0.39, 0.29) is 5.76 Å². The van der Waals surface area contributed by atoms with Crippen LogP contribution < -0.4 is 9.80 Å². The van der Waals surface area contributed by atoms with Crippen LogP contribution in [0.2, 0.25) is 5.02 Å². The first-order valence-corrected chi connectivity index (χ1v) is 7.10. The van der Waals surface area contributed by atoms with Gasteiger partial charge < -0.3 is 19.3 Å². The summed E-state index contributed by atoms with van der Waals surface area (Å²) in [5.74, 6) is -0.459. The van der Waals surface area contributed by atoms with Crippen LogP contribution in [0.4, 0.5) is 11.6 Å². The van der Waals surface area contributed by atoms with Crippen LogP contribution >= 0.6 is 11.6 Å². The minimum atomic E-state index is -1.04. The lowest BCUT2D eigenvalue weighted by Gasteiger charge is -2.36. The lowest BCUT2D eigenvalue weighted by molar-refractivity contribution is 0.0663. The van der Waals surface area contributed by atoms with E-state index in [2.05, 4.69) is 4.90 Å². The first-order valence-electron chi connectivity index (χ1n) is 6.72. The van der Waals surface area contributed by atoms with E-state index < -0.39 is 5.97 Å². The van der Waals surface area contributed by atoms with Crippen LogP contribution in [0.1, 0.15) is 10.6 Å². The van der Waals surface area contributed by atoms with Gasteiger partial charge in [0.05, 0.1) is 0 Å². The van der Waals surface area contributed by atoms with Gasteiger partial charge in [0.2, 0.25) is 5.76 Å². The molecule has 1 aromatic carbocycles. The molecule has 1 aliphatic rings. The number of hydrogen-bond donors (Lipinski definition) is 1. The van der Waals surface area contributed by atoms with Crippen LogP contribution in [-0.2, 0) is 0 Å². The first-order chi connectivity index (χ1) is 10.1. The molecule has 5 nitrogen and oxygen atoms in total. The molecule has 6 heteroatoms. The molecule has 110 valence electrons. The van der Waals surface area contributed by atoms with Gasteiger partial charge in [-0.15, -0.1) is 0 Å². The normalized spacial score (nSPS) is 15.3. The number of carboxylic acids is 1. The molecular formula is C15H15ClN2O3. The molecule has 2 heterocycles. The van der Waals surface area contributed by atoms with Gasteiger partial charge in [-0.05, 0) is 24.3 Å². The molecule has 3 rings (SSSR count). The maximum absolute atomic E-state index is 10.8. The highest BCUT2D eigenvalue weighted by molar-refractivity contribution is 6.30. The Labute approximate surface area is 127 Å². The summed E-state index contributed by atoms with van der Waals surface area (Å²) >= 11 is 6.01. The van der Waals surface area contributed by atoms with Crippen molar-refractivity contribution in [3.63, 3.8) is 0 Å². The number of halogens is 1. The molecule has 0 saturated carbocycles. The fourth-order valence-electron chi connectivity index (χ4n) is 2.47. The van der Waals surface area contributed by atoms with Crippen molar-refractivity contribution in [3.8, 4) is 0 Å². The highest BCUT2D eigenvalue weighted by atomic mass is 35.5. The Hall–Kier alpha value is -2.14. The number of piperazine rings is 1. The number of furan rings is 1. The van der Waals surface area contributed by atoms with Crippen molar-refractivity contribution in [1.29, 1.82) is 0 Å². The Morgan fingerprint density at radius 3 is 2.43 bits per heavy atom. The van der Waals surface area contributed by atoms with E-state index in [0.717, 1.165) is 36.9 Å². The largest absolute Gasteiger partial charge is 0.475 e. The molecule has 1 aromatic heterocycles. The number of hydrogen-bond acceptors (Lipinski definition) is 4. The molecule has 0 atom stereocenters. The standard InChI is InChI=1S/C15H15ClN2O3/c16-11-2-1-3-12(10-11)17-6-8-18(9-7-17)14-5-4-13(21-14)15(19)20/h1-5,10H,6-9H2,(H,19,20). The van der Waals surface area contributed by atoms with Crippen LogP contribution in [0.5, 0.6) is 0 Å². The van der Waals surface area contributed by atoms with E-state index in [1.807, 2.05) is 29.2 Å². The summed E-state index contributed by atoms with van der Waals surface area (Å²) < 4.78 is 5.33. The van der Waals surface area contributed by atoms with Crippen molar-refractivity contribution in [2.45, 2.75) is 0 Å². The van der Waals surface area contributed by atoms with Gasteiger partial charge >= 0.3 is 5.97 Å². The van der Waals surface area contributed by atoms with Gasteiger partial charge in [0.25, 0.3) is 0 Å². The molecule has 0 amide bonds. The topological polar surface area (TPSA) is 56.9 Å². The van der Waals surface area contributed by atoms with Crippen LogP contribution in [0.25, 0.3) is 0 Å². The Kier molecular flexibility index (Phi) is 3.75. The third-order valence-corrected chi connectivity index (χ3v) is 3.80. The van der Waals surface area contributed by atoms with Gasteiger partial charge in [0, 0.05) is 43.0 Å². The molecule has 1 N–H and O–H groups in total. The number of benzene rings is 1. The molecule has 1 aliphatic heterocycles. The van der Waals surface area contributed by atoms with Gasteiger partial charge in [0.1, 0.15) is 0 Å². The average Bonchev–Trinajstić information content (AvgIpc) is 2.97. The summed E-state index contributed by atoms with van der Waals surface area (Å²) in [6.45, 7) is 3.23. The van der Waals surface area contributed by atoms with Crippen LogP contribution in [0, 0.1) is 0 Å². The number of carboxylic acid groups (broad SMARTS) is 1. The van der Waals surface area contributed by atoms with Crippen molar-refractivity contribution in [1.82, 2.24) is 0 Å². The summed E-state index contributed by atoms with van der Waals surface area (Å²) in [6.07, 6.45) is 0. The maximum atomic E-state index is 10.8. The number of carbonyl (C=O) groups is 1. The van der Waals surface area contributed by atoms with Crippen molar-refractivity contribution in [3.05, 3.63) is 47.2 Å². The SMILES string of the molecule is O=C(O)c1ccc(N2CCN(c3cccc(Cl)c3)CC2)o1. The molecule has 0 radical (unpaired) electrons. The van der Waals surface area contributed by atoms with Gasteiger partial charge in [-0.1, -0.05) is 17.7 Å². The van der Waals surface area contributed by atoms with Crippen molar-refractivity contribution in [2.24, 2.45) is 0 Å². The predicted octanol–water partition coefficient (Wildman–Crippen LogP) is 2.96. The van der Waals surface area contributed by atoms with E-state index in [0.29, 0.717) is 5.88 Å². The fourth-order valence-corrected chi connectivity index (χ4v) is 2.65. The molecule has 21 heavy (non-hydrogen) atoms. The zero-order chi connectivity index (χ0) is 14.8. The summed E-state index contributed by atoms with van der Waals surface area (Å²) in [4.78, 5) is 15.1. The van der Waals surface area contributed by atoms with Crippen molar-refractivity contribution < 1.29 is 14.3 Å². The Morgan fingerprint density at radius 2 is 1.81 bits per heavy atom. The van der Waals surface area contributed by atoms with E-state index in [9.17, 15) is 4.79 Å². The second-order valence-corrected chi connectivity index (χ2v) is 5.33.